The standard InChI is InChI=1S/C22H24N4O2/c27-14-6-5-13-24-18-8-2-1-7-17(18)23-21(24)15-25-19-9-3-4-10-20(19)26(22(25)28)16-11-12-16/h1-4,7-10,16,27H,5-6,11-15H2. The van der Waals surface area contributed by atoms with Crippen LogP contribution in [0.2, 0.25) is 0 Å². The first-order chi connectivity index (χ1) is 13.8. The van der Waals surface area contributed by atoms with E-state index in [-0.39, 0.29) is 12.3 Å². The summed E-state index contributed by atoms with van der Waals surface area (Å²) in [5.74, 6) is 0.889. The van der Waals surface area contributed by atoms with Crippen LogP contribution in [0.3, 0.4) is 0 Å². The van der Waals surface area contributed by atoms with Gasteiger partial charge in [-0.25, -0.2) is 9.78 Å². The van der Waals surface area contributed by atoms with E-state index in [2.05, 4.69) is 10.6 Å². The fraction of sp³-hybridized carbons (Fsp3) is 0.364. The maximum absolute atomic E-state index is 13.2. The molecule has 2 aromatic heterocycles. The Balaban J connectivity index is 1.62. The number of aliphatic hydroxyl groups is 1. The number of aryl methyl sites for hydroxylation is 1. The lowest BCUT2D eigenvalue weighted by molar-refractivity contribution is 0.281. The SMILES string of the molecule is O=c1n(Cc2nc3ccccc3n2CCCCO)c2ccccc2n1C1CC1. The highest BCUT2D eigenvalue weighted by Crippen LogP contribution is 2.36. The number of unbranched alkanes of at least 4 members (excludes halogenated alkanes) is 1. The van der Waals surface area contributed by atoms with Crippen molar-refractivity contribution in [3.05, 3.63) is 64.8 Å². The van der Waals surface area contributed by atoms with Crippen LogP contribution in [-0.2, 0) is 13.1 Å². The van der Waals surface area contributed by atoms with E-state index in [1.807, 2.05) is 51.6 Å². The van der Waals surface area contributed by atoms with Gasteiger partial charge in [-0.3, -0.25) is 9.13 Å². The van der Waals surface area contributed by atoms with E-state index in [0.29, 0.717) is 12.6 Å². The van der Waals surface area contributed by atoms with E-state index in [1.165, 1.54) is 0 Å². The molecular formula is C22H24N4O2. The highest BCUT2D eigenvalue weighted by Gasteiger charge is 2.29. The number of benzene rings is 2. The van der Waals surface area contributed by atoms with Gasteiger partial charge < -0.3 is 9.67 Å². The van der Waals surface area contributed by atoms with Crippen molar-refractivity contribution >= 4 is 22.1 Å². The summed E-state index contributed by atoms with van der Waals surface area (Å²) in [6, 6.07) is 16.5. The lowest BCUT2D eigenvalue weighted by Crippen LogP contribution is -2.25. The van der Waals surface area contributed by atoms with Gasteiger partial charge in [-0.1, -0.05) is 24.3 Å². The Morgan fingerprint density at radius 2 is 1.64 bits per heavy atom. The number of aromatic nitrogens is 4. The van der Waals surface area contributed by atoms with Gasteiger partial charge in [-0.15, -0.1) is 0 Å². The van der Waals surface area contributed by atoms with Gasteiger partial charge in [0.25, 0.3) is 0 Å². The number of rotatable bonds is 7. The Bertz CT molecular complexity index is 1200. The molecule has 6 heteroatoms. The van der Waals surface area contributed by atoms with Gasteiger partial charge in [-0.05, 0) is 49.9 Å². The van der Waals surface area contributed by atoms with Gasteiger partial charge >= 0.3 is 5.69 Å². The van der Waals surface area contributed by atoms with E-state index in [4.69, 9.17) is 10.1 Å². The van der Waals surface area contributed by atoms with Crippen LogP contribution in [0.15, 0.2) is 53.3 Å². The monoisotopic (exact) mass is 376 g/mol. The molecule has 0 aliphatic heterocycles. The third-order valence-electron chi connectivity index (χ3n) is 5.60. The molecule has 0 spiro atoms. The van der Waals surface area contributed by atoms with E-state index >= 15 is 0 Å². The third-order valence-corrected chi connectivity index (χ3v) is 5.60. The molecule has 1 aliphatic rings. The number of hydrogen-bond acceptors (Lipinski definition) is 3. The van der Waals surface area contributed by atoms with Crippen LogP contribution >= 0.6 is 0 Å². The number of aliphatic hydroxyl groups excluding tert-OH is 1. The van der Waals surface area contributed by atoms with Crippen molar-refractivity contribution in [2.75, 3.05) is 6.61 Å². The number of nitrogens with zero attached hydrogens (tertiary/aromatic N) is 4. The molecule has 1 saturated carbocycles. The van der Waals surface area contributed by atoms with Crippen molar-refractivity contribution in [2.45, 2.75) is 44.8 Å². The highest BCUT2D eigenvalue weighted by atomic mass is 16.2. The highest BCUT2D eigenvalue weighted by molar-refractivity contribution is 5.77. The van der Waals surface area contributed by atoms with Crippen LogP contribution in [0.25, 0.3) is 22.1 Å². The minimum atomic E-state index is 0.0534. The molecule has 0 unspecified atom stereocenters. The first kappa shape index (κ1) is 17.3. The van der Waals surface area contributed by atoms with E-state index in [0.717, 1.165) is 60.1 Å². The van der Waals surface area contributed by atoms with Gasteiger partial charge in [0, 0.05) is 19.2 Å². The Kier molecular flexibility index (Phi) is 4.28. The van der Waals surface area contributed by atoms with Crippen LogP contribution in [0.5, 0.6) is 0 Å². The van der Waals surface area contributed by atoms with Crippen molar-refractivity contribution in [1.29, 1.82) is 0 Å². The molecule has 0 radical (unpaired) electrons. The average molecular weight is 376 g/mol. The Hall–Kier alpha value is -2.86. The second-order valence-corrected chi connectivity index (χ2v) is 7.56. The summed E-state index contributed by atoms with van der Waals surface area (Å²) in [4.78, 5) is 18.1. The predicted molar refractivity (Wildman–Crippen MR) is 110 cm³/mol. The zero-order valence-corrected chi connectivity index (χ0v) is 15.8. The molecule has 28 heavy (non-hydrogen) atoms. The summed E-state index contributed by atoms with van der Waals surface area (Å²) in [5.41, 5.74) is 4.05. The zero-order valence-electron chi connectivity index (χ0n) is 15.8. The van der Waals surface area contributed by atoms with Gasteiger partial charge in [-0.2, -0.15) is 0 Å². The quantitative estimate of drug-likeness (QED) is 0.503. The second kappa shape index (κ2) is 6.95. The molecule has 1 aliphatic carbocycles. The van der Waals surface area contributed by atoms with E-state index < -0.39 is 0 Å². The number of imidazole rings is 2. The summed E-state index contributed by atoms with van der Waals surface area (Å²) in [5, 5.41) is 9.15. The summed E-state index contributed by atoms with van der Waals surface area (Å²) in [6.45, 7) is 1.43. The van der Waals surface area contributed by atoms with Crippen molar-refractivity contribution in [3.8, 4) is 0 Å². The molecule has 0 atom stereocenters. The number of fused-ring (bicyclic) bond motifs is 2. The first-order valence-electron chi connectivity index (χ1n) is 10.0. The number of para-hydroxylation sites is 4. The van der Waals surface area contributed by atoms with Crippen LogP contribution in [0, 0.1) is 0 Å². The van der Waals surface area contributed by atoms with Crippen molar-refractivity contribution in [2.24, 2.45) is 0 Å². The molecule has 144 valence electrons. The van der Waals surface area contributed by atoms with Crippen LogP contribution in [-0.4, -0.2) is 30.4 Å². The lowest BCUT2D eigenvalue weighted by Gasteiger charge is -2.09. The molecule has 5 rings (SSSR count). The van der Waals surface area contributed by atoms with Crippen molar-refractivity contribution in [3.63, 3.8) is 0 Å². The van der Waals surface area contributed by atoms with Gasteiger partial charge in [0.05, 0.1) is 28.6 Å². The Labute approximate surface area is 162 Å². The molecule has 2 heterocycles. The van der Waals surface area contributed by atoms with Crippen molar-refractivity contribution in [1.82, 2.24) is 18.7 Å². The molecule has 6 nitrogen and oxygen atoms in total. The lowest BCUT2D eigenvalue weighted by atomic mass is 10.3. The smallest absolute Gasteiger partial charge is 0.329 e. The first-order valence-corrected chi connectivity index (χ1v) is 10.0. The second-order valence-electron chi connectivity index (χ2n) is 7.56. The molecule has 1 N–H and O–H groups in total. The Morgan fingerprint density at radius 3 is 2.39 bits per heavy atom. The fourth-order valence-corrected chi connectivity index (χ4v) is 4.09. The minimum absolute atomic E-state index is 0.0534. The fourth-order valence-electron chi connectivity index (χ4n) is 4.09. The zero-order chi connectivity index (χ0) is 19.1. The largest absolute Gasteiger partial charge is 0.396 e. The van der Waals surface area contributed by atoms with Crippen LogP contribution < -0.4 is 5.69 Å². The molecule has 0 saturated heterocycles. The molecule has 1 fully saturated rings. The van der Waals surface area contributed by atoms with Gasteiger partial charge in [0.15, 0.2) is 0 Å². The summed E-state index contributed by atoms with van der Waals surface area (Å²) < 4.78 is 6.01. The normalized spacial score (nSPS) is 14.3. The summed E-state index contributed by atoms with van der Waals surface area (Å²) in [7, 11) is 0. The topological polar surface area (TPSA) is 65.0 Å². The van der Waals surface area contributed by atoms with Gasteiger partial charge in [0.1, 0.15) is 5.82 Å². The molecule has 0 bridgehead atoms. The average Bonchev–Trinajstić information content (AvgIpc) is 3.43. The maximum Gasteiger partial charge on any atom is 0.329 e. The molecular weight excluding hydrogens is 352 g/mol. The van der Waals surface area contributed by atoms with Gasteiger partial charge in [0.2, 0.25) is 0 Å². The minimum Gasteiger partial charge on any atom is -0.396 e. The van der Waals surface area contributed by atoms with E-state index in [9.17, 15) is 4.79 Å². The number of hydrogen-bond donors (Lipinski definition) is 1. The summed E-state index contributed by atoms with van der Waals surface area (Å²) >= 11 is 0. The van der Waals surface area contributed by atoms with Crippen molar-refractivity contribution < 1.29 is 5.11 Å². The molecule has 2 aromatic carbocycles. The Morgan fingerprint density at radius 1 is 0.929 bits per heavy atom. The third kappa shape index (κ3) is 2.85. The molecule has 0 amide bonds. The maximum atomic E-state index is 13.2. The predicted octanol–water partition coefficient (Wildman–Crippen LogP) is 3.31. The van der Waals surface area contributed by atoms with E-state index in [1.54, 1.807) is 0 Å². The van der Waals surface area contributed by atoms with Crippen LogP contribution in [0.1, 0.15) is 37.5 Å². The summed E-state index contributed by atoms with van der Waals surface area (Å²) in [6.07, 6.45) is 3.79. The van der Waals surface area contributed by atoms with Crippen LogP contribution in [0.4, 0.5) is 0 Å². The molecule has 4 aromatic rings.